The van der Waals surface area contributed by atoms with E-state index < -0.39 is 223 Å². The van der Waals surface area contributed by atoms with E-state index in [0.717, 1.165) is 118 Å². The molecule has 13 rings (SSSR count). The average Bonchev–Trinajstić information content (AvgIpc) is 1.53. The molecule has 0 bridgehead atoms. The Bertz CT molecular complexity index is 5650. The van der Waals surface area contributed by atoms with E-state index in [2.05, 4.69) is 0 Å². The van der Waals surface area contributed by atoms with Gasteiger partial charge in [-0.2, -0.15) is 137 Å². The number of nitrogens with zero attached hydrogens (tertiary/aromatic N) is 3. The van der Waals surface area contributed by atoms with Gasteiger partial charge in [0.1, 0.15) is 0 Å². The standard InChI is InChI=1S/C77H33F30N3/c78-68(79,80)41-11-15-47(56(30-41)74(96,97)98)35-7-19-60-52(25-35)53-26-36(48-16-12-42(69(81,82)83)31-57(48)75(99,100)101)8-20-61(53)109(60)64-5-1-3-39(34-108)66(64)67-51(40-23-45(72(90,91)92)29-46(24-40)73(93,94)95)4-2-6-65(67)110-62-21-9-37(49-17-13-43(70(84,85)86)32-58(49)76(102,103)104)27-54(62)55-28-38(10-22-63(55)110)50-18-14-44(71(87,88)89)33-59(50)77(105,106)107/h1-33H. The average molecular weight is 1570 g/mol. The maximum atomic E-state index is 15.1. The number of rotatable bonds is 8. The molecule has 13 aromatic rings. The second-order valence-corrected chi connectivity index (χ2v) is 24.9. The third-order valence-electron chi connectivity index (χ3n) is 18.2. The van der Waals surface area contributed by atoms with Crippen molar-refractivity contribution >= 4 is 43.6 Å². The lowest BCUT2D eigenvalue weighted by Gasteiger charge is -2.23. The van der Waals surface area contributed by atoms with Crippen molar-refractivity contribution in [2.75, 3.05) is 0 Å². The molecule has 0 saturated carbocycles. The van der Waals surface area contributed by atoms with Gasteiger partial charge in [-0.15, -0.1) is 0 Å². The van der Waals surface area contributed by atoms with E-state index in [0.29, 0.717) is 24.3 Å². The van der Waals surface area contributed by atoms with Crippen molar-refractivity contribution in [1.29, 1.82) is 5.26 Å². The summed E-state index contributed by atoms with van der Waals surface area (Å²) in [6, 6.07) is 20.6. The molecule has 0 unspecified atom stereocenters. The van der Waals surface area contributed by atoms with E-state index in [4.69, 9.17) is 0 Å². The molecular weight excluding hydrogens is 1540 g/mol. The van der Waals surface area contributed by atoms with E-state index in [1.807, 2.05) is 6.07 Å². The summed E-state index contributed by atoms with van der Waals surface area (Å²) in [6.45, 7) is 0. The molecule has 0 spiro atoms. The molecule has 33 heteroatoms. The molecule has 0 atom stereocenters. The SMILES string of the molecule is N#Cc1cccc(-n2c3ccc(-c4ccc(C(F)(F)F)cc4C(F)(F)F)cc3c3cc(-c4ccc(C(F)(F)F)cc4C(F)(F)F)ccc32)c1-c1c(-c2cc(C(F)(F)F)cc(C(F)(F)F)c2)cccc1-n1c2ccc(-c3ccc(C(F)(F)F)cc3C(F)(F)F)cc2c2cc(-c3ccc(C(F)(F)F)cc3C(F)(F)F)ccc21. The van der Waals surface area contributed by atoms with Crippen LogP contribution in [0.2, 0.25) is 0 Å². The number of hydrogen-bond donors (Lipinski definition) is 0. The Balaban J connectivity index is 1.19. The zero-order chi connectivity index (χ0) is 80.2. The van der Waals surface area contributed by atoms with Crippen molar-refractivity contribution in [2.24, 2.45) is 0 Å². The molecule has 0 aliphatic carbocycles. The number of benzene rings is 11. The molecule has 2 aromatic heterocycles. The van der Waals surface area contributed by atoms with Crippen LogP contribution in [0.25, 0.3) is 122 Å². The molecule has 3 nitrogen and oxygen atoms in total. The van der Waals surface area contributed by atoms with E-state index in [1.54, 1.807) is 0 Å². The normalized spacial score (nSPS) is 13.4. The zero-order valence-electron chi connectivity index (χ0n) is 53.7. The summed E-state index contributed by atoms with van der Waals surface area (Å²) in [7, 11) is 0. The maximum absolute atomic E-state index is 15.1. The van der Waals surface area contributed by atoms with Crippen molar-refractivity contribution in [1.82, 2.24) is 9.13 Å². The molecule has 0 aliphatic rings. The van der Waals surface area contributed by atoms with Crippen LogP contribution in [0.3, 0.4) is 0 Å². The first-order valence-electron chi connectivity index (χ1n) is 31.1. The van der Waals surface area contributed by atoms with E-state index in [-0.39, 0.29) is 88.8 Å². The Kier molecular flexibility index (Phi) is 18.0. The number of halogens is 30. The van der Waals surface area contributed by atoms with Gasteiger partial charge < -0.3 is 9.13 Å². The molecule has 110 heavy (non-hydrogen) atoms. The van der Waals surface area contributed by atoms with Gasteiger partial charge in [-0.1, -0.05) is 66.7 Å². The highest BCUT2D eigenvalue weighted by Crippen LogP contribution is 2.53. The number of alkyl halides is 30. The van der Waals surface area contributed by atoms with Gasteiger partial charge in [0.25, 0.3) is 0 Å². The van der Waals surface area contributed by atoms with Gasteiger partial charge >= 0.3 is 61.8 Å². The van der Waals surface area contributed by atoms with Gasteiger partial charge in [-0.05, 0) is 189 Å². The maximum Gasteiger partial charge on any atom is 0.417 e. The predicted molar refractivity (Wildman–Crippen MR) is 342 cm³/mol. The summed E-state index contributed by atoms with van der Waals surface area (Å²) in [4.78, 5) is 0. The largest absolute Gasteiger partial charge is 0.417 e. The first kappa shape index (κ1) is 76.6. The van der Waals surface area contributed by atoms with Crippen molar-refractivity contribution < 1.29 is 132 Å². The Morgan fingerprint density at radius 3 is 0.736 bits per heavy atom. The fourth-order valence-corrected chi connectivity index (χ4v) is 13.5. The van der Waals surface area contributed by atoms with Gasteiger partial charge in [0.15, 0.2) is 0 Å². The smallest absolute Gasteiger partial charge is 0.309 e. The summed E-state index contributed by atoms with van der Waals surface area (Å²) >= 11 is 0. The van der Waals surface area contributed by atoms with Crippen LogP contribution in [-0.2, 0) is 61.8 Å². The molecule has 0 amide bonds. The van der Waals surface area contributed by atoms with Gasteiger partial charge in [-0.25, -0.2) is 0 Å². The van der Waals surface area contributed by atoms with Crippen molar-refractivity contribution in [3.63, 3.8) is 0 Å². The van der Waals surface area contributed by atoms with Crippen molar-refractivity contribution in [3.05, 3.63) is 261 Å². The lowest BCUT2D eigenvalue weighted by molar-refractivity contribution is -0.144. The van der Waals surface area contributed by atoms with Crippen LogP contribution in [0.1, 0.15) is 61.2 Å². The van der Waals surface area contributed by atoms with Gasteiger partial charge in [0.05, 0.1) is 101 Å². The van der Waals surface area contributed by atoms with Gasteiger partial charge in [0, 0.05) is 32.7 Å². The minimum Gasteiger partial charge on any atom is -0.309 e. The lowest BCUT2D eigenvalue weighted by Crippen LogP contribution is -2.12. The van der Waals surface area contributed by atoms with Crippen LogP contribution in [0.15, 0.2) is 200 Å². The Morgan fingerprint density at radius 2 is 0.482 bits per heavy atom. The molecule has 0 aliphatic heterocycles. The van der Waals surface area contributed by atoms with Crippen LogP contribution in [0, 0.1) is 11.3 Å². The molecule has 2 heterocycles. The van der Waals surface area contributed by atoms with Crippen LogP contribution in [0.4, 0.5) is 132 Å². The number of hydrogen-bond acceptors (Lipinski definition) is 1. The van der Waals surface area contributed by atoms with Crippen molar-refractivity contribution in [3.8, 4) is 84.2 Å². The quantitative estimate of drug-likeness (QED) is 0.140. The second kappa shape index (κ2) is 25.8. The van der Waals surface area contributed by atoms with E-state index >= 15 is 79.0 Å². The molecule has 566 valence electrons. The third-order valence-corrected chi connectivity index (χ3v) is 18.2. The minimum atomic E-state index is -5.66. The molecule has 0 fully saturated rings. The Morgan fingerprint density at radius 1 is 0.218 bits per heavy atom. The summed E-state index contributed by atoms with van der Waals surface area (Å²) < 4.78 is 443. The third kappa shape index (κ3) is 14.0. The monoisotopic (exact) mass is 1570 g/mol. The topological polar surface area (TPSA) is 33.6 Å². The van der Waals surface area contributed by atoms with Crippen LogP contribution in [-0.4, -0.2) is 9.13 Å². The number of aromatic nitrogens is 2. The molecular formula is C77H33F30N3. The van der Waals surface area contributed by atoms with E-state index in [1.165, 1.54) is 0 Å². The zero-order valence-corrected chi connectivity index (χ0v) is 53.7. The summed E-state index contributed by atoms with van der Waals surface area (Å²) in [6.07, 6.45) is -55.4. The highest BCUT2D eigenvalue weighted by atomic mass is 19.4. The highest BCUT2D eigenvalue weighted by Gasteiger charge is 2.45. The molecule has 11 aromatic carbocycles. The summed E-state index contributed by atoms with van der Waals surface area (Å²) in [5.74, 6) is 0. The Labute approximate surface area is 595 Å². The first-order chi connectivity index (χ1) is 50.8. The Hall–Kier alpha value is -11.6. The number of fused-ring (bicyclic) bond motifs is 6. The number of nitriles is 1. The fourth-order valence-electron chi connectivity index (χ4n) is 13.5. The second-order valence-electron chi connectivity index (χ2n) is 24.9. The molecule has 0 N–H and O–H groups in total. The van der Waals surface area contributed by atoms with E-state index in [9.17, 15) is 57.9 Å². The van der Waals surface area contributed by atoms with Crippen molar-refractivity contribution in [2.45, 2.75) is 61.8 Å². The van der Waals surface area contributed by atoms with Crippen LogP contribution in [0.5, 0.6) is 0 Å². The summed E-state index contributed by atoms with van der Waals surface area (Å²) in [5, 5.41) is 9.71. The van der Waals surface area contributed by atoms with Crippen LogP contribution >= 0.6 is 0 Å². The fraction of sp³-hybridized carbons (Fsp3) is 0.130. The summed E-state index contributed by atoms with van der Waals surface area (Å²) in [5.41, 5.74) is -31.6. The first-order valence-corrected chi connectivity index (χ1v) is 31.1. The molecule has 0 radical (unpaired) electrons. The van der Waals surface area contributed by atoms with Crippen LogP contribution < -0.4 is 0 Å². The van der Waals surface area contributed by atoms with Gasteiger partial charge in [-0.3, -0.25) is 0 Å². The lowest BCUT2D eigenvalue weighted by atomic mass is 9.87. The predicted octanol–water partition coefficient (Wildman–Crippen LogP) is 27.9. The van der Waals surface area contributed by atoms with Gasteiger partial charge in [0.2, 0.25) is 0 Å². The highest BCUT2D eigenvalue weighted by molar-refractivity contribution is 6.15. The molecule has 0 saturated heterocycles. The minimum absolute atomic E-state index is 0.206.